The molecule has 2 atom stereocenters. The van der Waals surface area contributed by atoms with Crippen LogP contribution in [-0.4, -0.2) is 52.0 Å². The van der Waals surface area contributed by atoms with E-state index in [4.69, 9.17) is 11.6 Å². The Morgan fingerprint density at radius 2 is 2.12 bits per heavy atom. The zero-order valence-corrected chi connectivity index (χ0v) is 15.2. The number of carbonyl (C=O) groups excluding carboxylic acids is 1. The van der Waals surface area contributed by atoms with Crippen molar-refractivity contribution in [1.82, 2.24) is 9.97 Å². The van der Waals surface area contributed by atoms with Gasteiger partial charge >= 0.3 is 6.03 Å². The van der Waals surface area contributed by atoms with E-state index >= 15 is 0 Å². The number of nitrogens with zero attached hydrogens (tertiary/aromatic N) is 4. The third-order valence-electron chi connectivity index (χ3n) is 4.24. The molecule has 3 N–H and O–H groups in total. The fourth-order valence-corrected chi connectivity index (χ4v) is 2.96. The number of aromatic nitrogens is 2. The smallest absolute Gasteiger partial charge is 0.330 e. The lowest BCUT2D eigenvalue weighted by Crippen LogP contribution is -2.46. The summed E-state index contributed by atoms with van der Waals surface area (Å²) in [6.45, 7) is 1.58. The van der Waals surface area contributed by atoms with E-state index in [9.17, 15) is 15.0 Å². The Balaban J connectivity index is 1.90. The van der Waals surface area contributed by atoms with Crippen LogP contribution in [0.15, 0.2) is 30.5 Å². The molecule has 0 unspecified atom stereocenters. The lowest BCUT2D eigenvalue weighted by Gasteiger charge is -2.34. The highest BCUT2D eigenvalue weighted by atomic mass is 35.5. The molecule has 1 aliphatic heterocycles. The minimum absolute atomic E-state index is 0.231. The van der Waals surface area contributed by atoms with Gasteiger partial charge < -0.3 is 15.5 Å². The van der Waals surface area contributed by atoms with Gasteiger partial charge in [0.25, 0.3) is 0 Å². The Morgan fingerprint density at radius 1 is 1.38 bits per heavy atom. The molecule has 9 heteroatoms. The first-order valence-corrected chi connectivity index (χ1v) is 8.51. The average molecular weight is 378 g/mol. The summed E-state index contributed by atoms with van der Waals surface area (Å²) < 4.78 is 0. The summed E-state index contributed by atoms with van der Waals surface area (Å²) in [5, 5.41) is 22.3. The zero-order valence-electron chi connectivity index (χ0n) is 14.4. The molecule has 1 aliphatic rings. The van der Waals surface area contributed by atoms with Crippen molar-refractivity contribution in [2.75, 3.05) is 28.8 Å². The van der Waals surface area contributed by atoms with Crippen molar-refractivity contribution < 1.29 is 15.0 Å². The maximum Gasteiger partial charge on any atom is 0.330 e. The molecule has 0 bridgehead atoms. The van der Waals surface area contributed by atoms with Crippen LogP contribution in [0, 0.1) is 0 Å². The monoisotopic (exact) mass is 377 g/mol. The van der Waals surface area contributed by atoms with Gasteiger partial charge in [0.05, 0.1) is 36.0 Å². The number of para-hydroxylation sites is 1. The second kappa shape index (κ2) is 7.45. The van der Waals surface area contributed by atoms with Crippen LogP contribution in [0.1, 0.15) is 12.5 Å². The summed E-state index contributed by atoms with van der Waals surface area (Å²) >= 11 is 6.22. The first kappa shape index (κ1) is 18.4. The molecule has 1 aromatic carbocycles. The predicted molar refractivity (Wildman–Crippen MR) is 99.6 cm³/mol. The van der Waals surface area contributed by atoms with Gasteiger partial charge in [-0.2, -0.15) is 4.98 Å². The van der Waals surface area contributed by atoms with Crippen molar-refractivity contribution >= 4 is 35.1 Å². The Labute approximate surface area is 156 Å². The molecule has 0 fully saturated rings. The van der Waals surface area contributed by atoms with Gasteiger partial charge in [0.15, 0.2) is 0 Å². The molecule has 2 aromatic rings. The van der Waals surface area contributed by atoms with Gasteiger partial charge in [-0.05, 0) is 19.1 Å². The SMILES string of the molecule is C[C@@H](O)[C@H](CO)Nc1ncc2c(n1)N(C)C(=O)N(c1ccccc1Cl)C2. The molecule has 0 saturated heterocycles. The summed E-state index contributed by atoms with van der Waals surface area (Å²) in [6.07, 6.45) is 0.836. The number of nitrogens with one attached hydrogen (secondary N) is 1. The number of amides is 2. The first-order chi connectivity index (χ1) is 12.4. The van der Waals surface area contributed by atoms with Gasteiger partial charge in [0.2, 0.25) is 5.95 Å². The maximum atomic E-state index is 12.8. The number of hydrogen-bond donors (Lipinski definition) is 3. The second-order valence-corrected chi connectivity index (χ2v) is 6.50. The summed E-state index contributed by atoms with van der Waals surface area (Å²) in [6, 6.07) is 6.28. The number of hydrogen-bond acceptors (Lipinski definition) is 6. The van der Waals surface area contributed by atoms with E-state index in [1.165, 1.54) is 4.90 Å². The van der Waals surface area contributed by atoms with E-state index < -0.39 is 12.1 Å². The van der Waals surface area contributed by atoms with E-state index in [1.807, 2.05) is 6.07 Å². The fourth-order valence-electron chi connectivity index (χ4n) is 2.72. The molecule has 0 saturated carbocycles. The number of urea groups is 1. The number of fused-ring (bicyclic) bond motifs is 1. The van der Waals surface area contributed by atoms with Gasteiger partial charge in [-0.1, -0.05) is 23.7 Å². The highest BCUT2D eigenvalue weighted by Crippen LogP contribution is 2.33. The Morgan fingerprint density at radius 3 is 2.77 bits per heavy atom. The van der Waals surface area contributed by atoms with Gasteiger partial charge in [-0.15, -0.1) is 0 Å². The van der Waals surface area contributed by atoms with Crippen molar-refractivity contribution in [3.8, 4) is 0 Å². The van der Waals surface area contributed by atoms with Crippen LogP contribution >= 0.6 is 11.6 Å². The van der Waals surface area contributed by atoms with Crippen molar-refractivity contribution in [2.24, 2.45) is 0 Å². The Bertz CT molecular complexity index is 817. The topological polar surface area (TPSA) is 102 Å². The summed E-state index contributed by atoms with van der Waals surface area (Å²) in [5.41, 5.74) is 1.38. The van der Waals surface area contributed by atoms with Crippen molar-refractivity contribution in [3.63, 3.8) is 0 Å². The van der Waals surface area contributed by atoms with Crippen LogP contribution in [0.5, 0.6) is 0 Å². The van der Waals surface area contributed by atoms with Gasteiger partial charge in [-0.25, -0.2) is 9.78 Å². The van der Waals surface area contributed by atoms with E-state index in [-0.39, 0.29) is 18.6 Å². The molecule has 2 heterocycles. The summed E-state index contributed by atoms with van der Waals surface area (Å²) in [7, 11) is 1.62. The van der Waals surface area contributed by atoms with Crippen LogP contribution in [-0.2, 0) is 6.54 Å². The third-order valence-corrected chi connectivity index (χ3v) is 4.56. The molecule has 8 nitrogen and oxygen atoms in total. The van der Waals surface area contributed by atoms with Gasteiger partial charge in [0, 0.05) is 18.8 Å². The number of rotatable bonds is 5. The Kier molecular flexibility index (Phi) is 5.26. The van der Waals surface area contributed by atoms with Crippen LogP contribution in [0.4, 0.5) is 22.2 Å². The quantitative estimate of drug-likeness (QED) is 0.735. The van der Waals surface area contributed by atoms with E-state index in [0.717, 1.165) is 5.56 Å². The first-order valence-electron chi connectivity index (χ1n) is 8.13. The van der Waals surface area contributed by atoms with Gasteiger partial charge in [0.1, 0.15) is 5.82 Å². The number of halogens is 1. The molecule has 26 heavy (non-hydrogen) atoms. The Hall–Kier alpha value is -2.42. The average Bonchev–Trinajstić information content (AvgIpc) is 2.63. The minimum atomic E-state index is -0.783. The van der Waals surface area contributed by atoms with Crippen molar-refractivity contribution in [2.45, 2.75) is 25.6 Å². The number of aliphatic hydroxyl groups excluding tert-OH is 2. The number of anilines is 3. The lowest BCUT2D eigenvalue weighted by molar-refractivity contribution is 0.132. The van der Waals surface area contributed by atoms with E-state index in [1.54, 1.807) is 43.3 Å². The maximum absolute atomic E-state index is 12.8. The minimum Gasteiger partial charge on any atom is -0.394 e. The lowest BCUT2D eigenvalue weighted by atomic mass is 10.2. The predicted octanol–water partition coefficient (Wildman–Crippen LogP) is 1.86. The molecule has 3 rings (SSSR count). The van der Waals surface area contributed by atoms with Crippen LogP contribution in [0.25, 0.3) is 0 Å². The third kappa shape index (κ3) is 3.44. The van der Waals surface area contributed by atoms with Crippen LogP contribution in [0.3, 0.4) is 0 Å². The molecule has 2 amide bonds. The summed E-state index contributed by atoms with van der Waals surface area (Å²) in [5.74, 6) is 0.702. The molecule has 0 radical (unpaired) electrons. The normalized spacial score (nSPS) is 16.3. The van der Waals surface area contributed by atoms with Crippen molar-refractivity contribution in [3.05, 3.63) is 41.0 Å². The van der Waals surface area contributed by atoms with E-state index in [2.05, 4.69) is 15.3 Å². The van der Waals surface area contributed by atoms with E-state index in [0.29, 0.717) is 23.1 Å². The number of benzene rings is 1. The highest BCUT2D eigenvalue weighted by molar-refractivity contribution is 6.34. The largest absolute Gasteiger partial charge is 0.394 e. The molecule has 1 aromatic heterocycles. The molecular weight excluding hydrogens is 358 g/mol. The zero-order chi connectivity index (χ0) is 18.8. The van der Waals surface area contributed by atoms with Crippen LogP contribution in [0.2, 0.25) is 5.02 Å². The van der Waals surface area contributed by atoms with Crippen LogP contribution < -0.4 is 15.1 Å². The number of aliphatic hydroxyl groups is 2. The highest BCUT2D eigenvalue weighted by Gasteiger charge is 2.31. The van der Waals surface area contributed by atoms with Gasteiger partial charge in [-0.3, -0.25) is 9.80 Å². The molecule has 138 valence electrons. The number of carbonyl (C=O) groups is 1. The standard InChI is InChI=1S/C17H20ClN5O3/c1-10(25)13(9-24)20-16-19-7-11-8-23(14-6-4-3-5-12(14)18)17(26)22(2)15(11)21-16/h3-7,10,13,24-25H,8-9H2,1-2H3,(H,19,20,21)/t10-,13+/m1/s1. The summed E-state index contributed by atoms with van der Waals surface area (Å²) in [4.78, 5) is 24.4. The second-order valence-electron chi connectivity index (χ2n) is 6.10. The van der Waals surface area contributed by atoms with Crippen molar-refractivity contribution in [1.29, 1.82) is 0 Å². The molecular formula is C17H20ClN5O3. The molecule has 0 aliphatic carbocycles. The molecule has 0 spiro atoms. The fraction of sp³-hybridized carbons (Fsp3) is 0.353.